The number of amides is 1. The van der Waals surface area contributed by atoms with Crippen molar-refractivity contribution in [3.8, 4) is 11.1 Å². The highest BCUT2D eigenvalue weighted by atomic mass is 32.2. The van der Waals surface area contributed by atoms with Crippen molar-refractivity contribution >= 4 is 22.1 Å². The molecular formula is C13H12N3O5S-. The Labute approximate surface area is 126 Å². The van der Waals surface area contributed by atoms with Gasteiger partial charge in [-0.05, 0) is 23.8 Å². The molecule has 0 fully saturated rings. The van der Waals surface area contributed by atoms with Crippen LogP contribution in [0.3, 0.4) is 0 Å². The average molecular weight is 322 g/mol. The summed E-state index contributed by atoms with van der Waals surface area (Å²) in [5.74, 6) is -1.97. The van der Waals surface area contributed by atoms with Gasteiger partial charge in [-0.1, -0.05) is 12.1 Å². The third-order valence-electron chi connectivity index (χ3n) is 3.00. The second-order valence-electron chi connectivity index (χ2n) is 4.36. The van der Waals surface area contributed by atoms with Gasteiger partial charge in [-0.25, -0.2) is 9.11 Å². The van der Waals surface area contributed by atoms with Crippen LogP contribution in [-0.2, 0) is 10.2 Å². The zero-order valence-electron chi connectivity index (χ0n) is 11.4. The Morgan fingerprint density at radius 1 is 1.18 bits per heavy atom. The van der Waals surface area contributed by atoms with Crippen molar-refractivity contribution in [3.63, 3.8) is 0 Å². The largest absolute Gasteiger partial charge is 0.543 e. The van der Waals surface area contributed by atoms with Crippen molar-refractivity contribution in [1.82, 2.24) is 9.29 Å². The number of nitrogens with one attached hydrogen (secondary N) is 1. The number of aromatic nitrogens is 1. The molecule has 0 spiro atoms. The van der Waals surface area contributed by atoms with E-state index in [1.165, 1.54) is 37.4 Å². The fourth-order valence-electron chi connectivity index (χ4n) is 2.00. The minimum absolute atomic E-state index is 0.123. The monoisotopic (exact) mass is 322 g/mol. The molecule has 1 amide bonds. The molecule has 1 aromatic carbocycles. The Morgan fingerprint density at radius 3 is 2.23 bits per heavy atom. The Morgan fingerprint density at radius 2 is 1.77 bits per heavy atom. The Balaban J connectivity index is 2.56. The number of carbonyl (C=O) groups is 2. The van der Waals surface area contributed by atoms with Crippen molar-refractivity contribution in [2.24, 2.45) is 5.14 Å². The minimum Gasteiger partial charge on any atom is -0.543 e. The lowest BCUT2D eigenvalue weighted by atomic mass is 10.0. The number of carboxylic acids is 1. The van der Waals surface area contributed by atoms with Crippen LogP contribution in [0.1, 0.15) is 20.8 Å². The van der Waals surface area contributed by atoms with Gasteiger partial charge < -0.3 is 15.2 Å². The van der Waals surface area contributed by atoms with E-state index in [0.717, 1.165) is 6.20 Å². The summed E-state index contributed by atoms with van der Waals surface area (Å²) in [6, 6.07) is 7.27. The number of hydrogen-bond acceptors (Lipinski definition) is 5. The Hall–Kier alpha value is -2.65. The molecule has 3 N–H and O–H groups in total. The number of hydrogen-bond donors (Lipinski definition) is 2. The first-order chi connectivity index (χ1) is 10.3. The number of aromatic carboxylic acids is 1. The van der Waals surface area contributed by atoms with Crippen LogP contribution >= 0.6 is 0 Å². The summed E-state index contributed by atoms with van der Waals surface area (Å²) in [7, 11) is -2.78. The highest BCUT2D eigenvalue weighted by Crippen LogP contribution is 2.25. The molecule has 8 nitrogen and oxygen atoms in total. The quantitative estimate of drug-likeness (QED) is 0.739. The van der Waals surface area contributed by atoms with E-state index in [9.17, 15) is 23.1 Å². The fourth-order valence-corrected chi connectivity index (χ4v) is 2.66. The van der Waals surface area contributed by atoms with E-state index < -0.39 is 21.9 Å². The van der Waals surface area contributed by atoms with E-state index >= 15 is 0 Å². The molecule has 0 aliphatic rings. The van der Waals surface area contributed by atoms with Crippen LogP contribution in [0, 0.1) is 0 Å². The maximum Gasteiger partial charge on any atom is 0.302 e. The molecule has 9 heteroatoms. The molecule has 0 aliphatic carbocycles. The molecule has 0 saturated carbocycles. The van der Waals surface area contributed by atoms with Gasteiger partial charge in [0.1, 0.15) is 0 Å². The van der Waals surface area contributed by atoms with Crippen LogP contribution in [0.15, 0.2) is 36.5 Å². The van der Waals surface area contributed by atoms with E-state index in [4.69, 9.17) is 5.14 Å². The SMILES string of the molecule is CNC(=O)c1ccc(-c2ccn(S(N)(=O)=O)c2C(=O)[O-])cc1. The number of rotatable bonds is 4. The normalized spacial score (nSPS) is 11.2. The molecule has 2 rings (SSSR count). The van der Waals surface area contributed by atoms with Crippen molar-refractivity contribution < 1.29 is 23.1 Å². The summed E-state index contributed by atoms with van der Waals surface area (Å²) in [6.45, 7) is 0. The second-order valence-corrected chi connectivity index (χ2v) is 5.79. The highest BCUT2D eigenvalue weighted by molar-refractivity contribution is 7.87. The molecule has 0 unspecified atom stereocenters. The molecule has 0 bridgehead atoms. The van der Waals surface area contributed by atoms with Gasteiger partial charge in [-0.2, -0.15) is 8.42 Å². The summed E-state index contributed by atoms with van der Waals surface area (Å²) in [5.41, 5.74) is 0.342. The third kappa shape index (κ3) is 2.85. The topological polar surface area (TPSA) is 134 Å². The van der Waals surface area contributed by atoms with E-state index in [1.54, 1.807) is 0 Å². The van der Waals surface area contributed by atoms with Gasteiger partial charge in [-0.15, -0.1) is 0 Å². The first kappa shape index (κ1) is 15.7. The van der Waals surface area contributed by atoms with Crippen LogP contribution < -0.4 is 15.6 Å². The van der Waals surface area contributed by atoms with Gasteiger partial charge in [0.05, 0.1) is 11.7 Å². The standard InChI is InChI=1S/C13H13N3O5S/c1-15-12(17)9-4-2-8(3-5-9)10-6-7-16(22(14,20)21)11(10)13(18)19/h2-7H,1H3,(H,15,17)(H,18,19)(H2,14,20,21)/p-1. The van der Waals surface area contributed by atoms with Crippen LogP contribution in [-0.4, -0.2) is 31.3 Å². The number of benzene rings is 1. The van der Waals surface area contributed by atoms with Crippen LogP contribution in [0.4, 0.5) is 0 Å². The molecule has 0 atom stereocenters. The molecule has 2 aromatic rings. The first-order valence-electron chi connectivity index (χ1n) is 6.04. The lowest BCUT2D eigenvalue weighted by Crippen LogP contribution is -2.31. The number of carboxylic acid groups (broad SMARTS) is 1. The first-order valence-corrected chi connectivity index (χ1v) is 7.54. The molecule has 22 heavy (non-hydrogen) atoms. The van der Waals surface area contributed by atoms with Gasteiger partial charge in [0, 0.05) is 24.4 Å². The number of nitrogens with zero attached hydrogens (tertiary/aromatic N) is 1. The van der Waals surface area contributed by atoms with Crippen LogP contribution in [0.25, 0.3) is 11.1 Å². The maximum atomic E-state index is 11.5. The average Bonchev–Trinajstić information content (AvgIpc) is 2.91. The summed E-state index contributed by atoms with van der Waals surface area (Å²) in [5, 5.41) is 18.6. The summed E-state index contributed by atoms with van der Waals surface area (Å²) in [4.78, 5) is 22.7. The zero-order valence-corrected chi connectivity index (χ0v) is 12.3. The molecule has 0 radical (unpaired) electrons. The van der Waals surface area contributed by atoms with E-state index in [0.29, 0.717) is 15.1 Å². The predicted molar refractivity (Wildman–Crippen MR) is 76.1 cm³/mol. The van der Waals surface area contributed by atoms with Gasteiger partial charge in [0.15, 0.2) is 0 Å². The Kier molecular flexibility index (Phi) is 4.02. The van der Waals surface area contributed by atoms with Crippen molar-refractivity contribution in [1.29, 1.82) is 0 Å². The Bertz CT molecular complexity index is 837. The molecule has 0 saturated heterocycles. The fraction of sp³-hybridized carbons (Fsp3) is 0.0769. The molecule has 116 valence electrons. The van der Waals surface area contributed by atoms with Crippen molar-refractivity contribution in [2.45, 2.75) is 0 Å². The predicted octanol–water partition coefficient (Wildman–Crippen LogP) is -1.07. The van der Waals surface area contributed by atoms with E-state index in [1.807, 2.05) is 0 Å². The number of carbonyl (C=O) groups excluding carboxylic acids is 2. The van der Waals surface area contributed by atoms with Gasteiger partial charge in [-0.3, -0.25) is 4.79 Å². The zero-order chi connectivity index (χ0) is 16.5. The molecule has 1 aromatic heterocycles. The minimum atomic E-state index is -4.26. The number of nitrogens with two attached hydrogens (primary N) is 1. The molecule has 0 aliphatic heterocycles. The summed E-state index contributed by atoms with van der Waals surface area (Å²) < 4.78 is 23.2. The lowest BCUT2D eigenvalue weighted by Gasteiger charge is -2.10. The van der Waals surface area contributed by atoms with Gasteiger partial charge in [0.2, 0.25) is 0 Å². The molecule has 1 heterocycles. The van der Waals surface area contributed by atoms with Crippen LogP contribution in [0.5, 0.6) is 0 Å². The van der Waals surface area contributed by atoms with E-state index in [-0.39, 0.29) is 11.5 Å². The highest BCUT2D eigenvalue weighted by Gasteiger charge is 2.18. The third-order valence-corrected chi connectivity index (χ3v) is 3.86. The lowest BCUT2D eigenvalue weighted by molar-refractivity contribution is -0.255. The molecular weight excluding hydrogens is 310 g/mol. The second kappa shape index (κ2) is 5.62. The van der Waals surface area contributed by atoms with Gasteiger partial charge in [0.25, 0.3) is 5.91 Å². The van der Waals surface area contributed by atoms with Gasteiger partial charge >= 0.3 is 10.2 Å². The van der Waals surface area contributed by atoms with E-state index in [2.05, 4.69) is 5.32 Å². The summed E-state index contributed by atoms with van der Waals surface area (Å²) in [6.07, 6.45) is 1.03. The van der Waals surface area contributed by atoms with Crippen LogP contribution in [0.2, 0.25) is 0 Å². The smallest absolute Gasteiger partial charge is 0.302 e. The van der Waals surface area contributed by atoms with Crippen molar-refractivity contribution in [2.75, 3.05) is 7.05 Å². The summed E-state index contributed by atoms with van der Waals surface area (Å²) >= 11 is 0. The maximum absolute atomic E-state index is 11.5. The van der Waals surface area contributed by atoms with Crippen molar-refractivity contribution in [3.05, 3.63) is 47.8 Å².